The van der Waals surface area contributed by atoms with Crippen molar-refractivity contribution < 1.29 is 9.90 Å². The van der Waals surface area contributed by atoms with Crippen LogP contribution in [0.4, 0.5) is 0 Å². The Balaban J connectivity index is 2.23. The molecule has 1 unspecified atom stereocenters. The second kappa shape index (κ2) is 4.09. The number of hydrogen-bond acceptors (Lipinski definition) is 2. The zero-order chi connectivity index (χ0) is 10.0. The number of nitrogens with zero attached hydrogens (tertiary/aromatic N) is 1. The van der Waals surface area contributed by atoms with Gasteiger partial charge in [0.15, 0.2) is 0 Å². The van der Waals surface area contributed by atoms with Gasteiger partial charge in [-0.1, -0.05) is 13.8 Å². The average molecular weight is 185 g/mol. The molecule has 0 amide bonds. The molecule has 3 heteroatoms. The quantitative estimate of drug-likeness (QED) is 0.720. The third kappa shape index (κ3) is 2.69. The summed E-state index contributed by atoms with van der Waals surface area (Å²) in [5, 5.41) is 8.60. The standard InChI is InChI=1S/C10H19NO2/c1-7(2)9-5-11(6-9)8(3)4-10(12)13/h7-9H,4-6H2,1-3H3,(H,12,13). The van der Waals surface area contributed by atoms with Crippen molar-refractivity contribution in [3.05, 3.63) is 0 Å². The van der Waals surface area contributed by atoms with E-state index in [-0.39, 0.29) is 12.5 Å². The Hall–Kier alpha value is -0.570. The normalized spacial score (nSPS) is 21.5. The molecule has 0 aromatic carbocycles. The van der Waals surface area contributed by atoms with Gasteiger partial charge < -0.3 is 5.11 Å². The van der Waals surface area contributed by atoms with Crippen LogP contribution in [0.2, 0.25) is 0 Å². The number of hydrogen-bond donors (Lipinski definition) is 1. The summed E-state index contributed by atoms with van der Waals surface area (Å²) in [5.74, 6) is 0.810. The second-order valence-electron chi connectivity index (χ2n) is 4.40. The average Bonchev–Trinajstić information content (AvgIpc) is 1.79. The summed E-state index contributed by atoms with van der Waals surface area (Å²) in [4.78, 5) is 12.7. The van der Waals surface area contributed by atoms with Gasteiger partial charge in [-0.15, -0.1) is 0 Å². The van der Waals surface area contributed by atoms with Crippen molar-refractivity contribution in [2.75, 3.05) is 13.1 Å². The van der Waals surface area contributed by atoms with Crippen molar-refractivity contribution in [1.29, 1.82) is 0 Å². The SMILES string of the molecule is CC(C)C1CN(C(C)CC(=O)O)C1. The van der Waals surface area contributed by atoms with E-state index in [2.05, 4.69) is 18.7 Å². The van der Waals surface area contributed by atoms with Crippen LogP contribution in [0.5, 0.6) is 0 Å². The molecule has 0 saturated carbocycles. The Bertz CT molecular complexity index is 185. The van der Waals surface area contributed by atoms with E-state index in [9.17, 15) is 4.79 Å². The highest BCUT2D eigenvalue weighted by atomic mass is 16.4. The van der Waals surface area contributed by atoms with Crippen LogP contribution in [0.15, 0.2) is 0 Å². The van der Waals surface area contributed by atoms with Crippen LogP contribution >= 0.6 is 0 Å². The molecule has 1 N–H and O–H groups in total. The lowest BCUT2D eigenvalue weighted by molar-refractivity contribution is -0.139. The summed E-state index contributed by atoms with van der Waals surface area (Å²) in [6.45, 7) is 8.59. The minimum atomic E-state index is -0.694. The maximum absolute atomic E-state index is 10.4. The fourth-order valence-electron chi connectivity index (χ4n) is 1.71. The molecule has 1 saturated heterocycles. The monoisotopic (exact) mass is 185 g/mol. The van der Waals surface area contributed by atoms with Gasteiger partial charge in [0.25, 0.3) is 0 Å². The van der Waals surface area contributed by atoms with Crippen molar-refractivity contribution >= 4 is 5.97 Å². The molecule has 1 fully saturated rings. The Labute approximate surface area is 79.7 Å². The molecule has 0 aromatic rings. The number of carboxylic acids is 1. The third-order valence-electron chi connectivity index (χ3n) is 2.97. The van der Waals surface area contributed by atoms with Crippen molar-refractivity contribution in [2.24, 2.45) is 11.8 Å². The number of aliphatic carboxylic acids is 1. The van der Waals surface area contributed by atoms with Crippen LogP contribution in [0.3, 0.4) is 0 Å². The molecule has 1 aliphatic heterocycles. The van der Waals surface area contributed by atoms with Crippen LogP contribution in [-0.4, -0.2) is 35.1 Å². The number of rotatable bonds is 4. The molecule has 13 heavy (non-hydrogen) atoms. The summed E-state index contributed by atoms with van der Waals surface area (Å²) in [6.07, 6.45) is 0.269. The van der Waals surface area contributed by atoms with Gasteiger partial charge in [-0.25, -0.2) is 0 Å². The lowest BCUT2D eigenvalue weighted by Gasteiger charge is -2.44. The first kappa shape index (κ1) is 10.5. The van der Waals surface area contributed by atoms with E-state index >= 15 is 0 Å². The van der Waals surface area contributed by atoms with E-state index in [4.69, 9.17) is 5.11 Å². The summed E-state index contributed by atoms with van der Waals surface area (Å²) in [6, 6.07) is 0.201. The van der Waals surface area contributed by atoms with Gasteiger partial charge in [0.2, 0.25) is 0 Å². The summed E-state index contributed by atoms with van der Waals surface area (Å²) in [5.41, 5.74) is 0. The third-order valence-corrected chi connectivity index (χ3v) is 2.97. The lowest BCUT2D eigenvalue weighted by atomic mass is 9.87. The van der Waals surface area contributed by atoms with E-state index in [1.54, 1.807) is 0 Å². The van der Waals surface area contributed by atoms with E-state index in [0.717, 1.165) is 24.9 Å². The first-order valence-electron chi connectivity index (χ1n) is 4.96. The van der Waals surface area contributed by atoms with Crippen LogP contribution < -0.4 is 0 Å². The number of carboxylic acid groups (broad SMARTS) is 1. The van der Waals surface area contributed by atoms with E-state index in [0.29, 0.717) is 0 Å². The van der Waals surface area contributed by atoms with E-state index in [1.807, 2.05) is 6.92 Å². The fourth-order valence-corrected chi connectivity index (χ4v) is 1.71. The smallest absolute Gasteiger partial charge is 0.304 e. The maximum atomic E-state index is 10.4. The molecular formula is C10H19NO2. The Morgan fingerprint density at radius 2 is 2.00 bits per heavy atom. The largest absolute Gasteiger partial charge is 0.481 e. The minimum Gasteiger partial charge on any atom is -0.481 e. The molecule has 76 valence electrons. The highest BCUT2D eigenvalue weighted by molar-refractivity contribution is 5.67. The molecule has 0 radical (unpaired) electrons. The van der Waals surface area contributed by atoms with Gasteiger partial charge in [0.1, 0.15) is 0 Å². The van der Waals surface area contributed by atoms with Crippen LogP contribution in [0, 0.1) is 11.8 Å². The predicted octanol–water partition coefficient (Wildman–Crippen LogP) is 1.44. The second-order valence-corrected chi connectivity index (χ2v) is 4.40. The van der Waals surface area contributed by atoms with Crippen LogP contribution in [0.25, 0.3) is 0 Å². The zero-order valence-electron chi connectivity index (χ0n) is 8.66. The highest BCUT2D eigenvalue weighted by Gasteiger charge is 2.32. The van der Waals surface area contributed by atoms with Crippen LogP contribution in [0.1, 0.15) is 27.2 Å². The fraction of sp³-hybridized carbons (Fsp3) is 0.900. The molecule has 1 rings (SSSR count). The van der Waals surface area contributed by atoms with Gasteiger partial charge >= 0.3 is 5.97 Å². The topological polar surface area (TPSA) is 40.5 Å². The maximum Gasteiger partial charge on any atom is 0.304 e. The highest BCUT2D eigenvalue weighted by Crippen LogP contribution is 2.25. The van der Waals surface area contributed by atoms with Gasteiger partial charge in [0, 0.05) is 19.1 Å². The van der Waals surface area contributed by atoms with Crippen molar-refractivity contribution in [3.63, 3.8) is 0 Å². The van der Waals surface area contributed by atoms with E-state index < -0.39 is 5.97 Å². The summed E-state index contributed by atoms with van der Waals surface area (Å²) in [7, 11) is 0. The van der Waals surface area contributed by atoms with Gasteiger partial charge in [-0.05, 0) is 18.8 Å². The lowest BCUT2D eigenvalue weighted by Crippen LogP contribution is -2.53. The Kier molecular flexibility index (Phi) is 3.31. The first-order valence-corrected chi connectivity index (χ1v) is 4.96. The number of carbonyl (C=O) groups is 1. The molecule has 1 heterocycles. The van der Waals surface area contributed by atoms with Gasteiger partial charge in [-0.2, -0.15) is 0 Å². The Morgan fingerprint density at radius 3 is 2.38 bits per heavy atom. The van der Waals surface area contributed by atoms with Crippen molar-refractivity contribution in [3.8, 4) is 0 Å². The molecule has 0 bridgehead atoms. The summed E-state index contributed by atoms with van der Waals surface area (Å²) < 4.78 is 0. The van der Waals surface area contributed by atoms with Gasteiger partial charge in [-0.3, -0.25) is 9.69 Å². The zero-order valence-corrected chi connectivity index (χ0v) is 8.66. The van der Waals surface area contributed by atoms with E-state index in [1.165, 1.54) is 0 Å². The molecule has 0 aromatic heterocycles. The molecule has 1 aliphatic rings. The molecule has 0 spiro atoms. The molecule has 0 aliphatic carbocycles. The van der Waals surface area contributed by atoms with Crippen molar-refractivity contribution in [1.82, 2.24) is 4.90 Å². The van der Waals surface area contributed by atoms with Crippen molar-refractivity contribution in [2.45, 2.75) is 33.2 Å². The van der Waals surface area contributed by atoms with Gasteiger partial charge in [0.05, 0.1) is 6.42 Å². The number of likely N-dealkylation sites (tertiary alicyclic amines) is 1. The molecule has 3 nitrogen and oxygen atoms in total. The summed E-state index contributed by atoms with van der Waals surface area (Å²) >= 11 is 0. The Morgan fingerprint density at radius 1 is 1.46 bits per heavy atom. The minimum absolute atomic E-state index is 0.201. The molecule has 1 atom stereocenters. The molecular weight excluding hydrogens is 166 g/mol. The first-order chi connectivity index (χ1) is 6.00. The predicted molar refractivity (Wildman–Crippen MR) is 51.6 cm³/mol. The van der Waals surface area contributed by atoms with Crippen LogP contribution in [-0.2, 0) is 4.79 Å².